The molecule has 0 aromatic carbocycles. The first-order valence-corrected chi connectivity index (χ1v) is 6.79. The Hall–Kier alpha value is -0.770. The highest BCUT2D eigenvalue weighted by Gasteiger charge is 2.43. The van der Waals surface area contributed by atoms with E-state index in [4.69, 9.17) is 0 Å². The molecule has 98 valence electrons. The molecule has 0 aromatic heterocycles. The Labute approximate surface area is 103 Å². The lowest BCUT2D eigenvalue weighted by Gasteiger charge is -2.47. The predicted molar refractivity (Wildman–Crippen MR) is 66.8 cm³/mol. The van der Waals surface area contributed by atoms with Crippen LogP contribution in [-0.2, 0) is 0 Å². The van der Waals surface area contributed by atoms with Crippen LogP contribution in [0.15, 0.2) is 0 Å². The Morgan fingerprint density at radius 1 is 1.41 bits per heavy atom. The quantitative estimate of drug-likeness (QED) is 0.733. The number of likely N-dealkylation sites (tertiary alicyclic amines) is 1. The van der Waals surface area contributed by atoms with Crippen molar-refractivity contribution in [3.8, 4) is 0 Å². The number of urea groups is 1. The van der Waals surface area contributed by atoms with E-state index < -0.39 is 5.60 Å². The number of aliphatic hydroxyl groups is 1. The van der Waals surface area contributed by atoms with Crippen molar-refractivity contribution in [1.82, 2.24) is 10.2 Å². The molecular formula is C13H24N2O2. The third kappa shape index (κ3) is 2.73. The SMILES string of the molecule is CC(C)NC(=O)N1CCC2(O)CCCCC2C1. The van der Waals surface area contributed by atoms with E-state index in [0.29, 0.717) is 6.54 Å². The summed E-state index contributed by atoms with van der Waals surface area (Å²) in [5.74, 6) is 0.280. The van der Waals surface area contributed by atoms with Crippen molar-refractivity contribution < 1.29 is 9.90 Å². The van der Waals surface area contributed by atoms with E-state index in [0.717, 1.165) is 32.2 Å². The van der Waals surface area contributed by atoms with Crippen LogP contribution in [-0.4, -0.2) is 40.8 Å². The Balaban J connectivity index is 1.95. The molecule has 4 heteroatoms. The molecule has 1 aliphatic carbocycles. The Bertz CT molecular complexity index is 293. The summed E-state index contributed by atoms with van der Waals surface area (Å²) in [6, 6.07) is 0.197. The molecule has 2 amide bonds. The maximum Gasteiger partial charge on any atom is 0.317 e. The standard InChI is InChI=1S/C13H24N2O2/c1-10(2)14-12(16)15-8-7-13(17)6-4-3-5-11(13)9-15/h10-11,17H,3-9H2,1-2H3,(H,14,16). The van der Waals surface area contributed by atoms with Gasteiger partial charge in [-0.05, 0) is 33.1 Å². The molecule has 2 fully saturated rings. The molecule has 2 aliphatic rings. The van der Waals surface area contributed by atoms with Gasteiger partial charge in [-0.1, -0.05) is 12.8 Å². The van der Waals surface area contributed by atoms with Crippen molar-refractivity contribution in [3.63, 3.8) is 0 Å². The average Bonchev–Trinajstić information content (AvgIpc) is 2.26. The van der Waals surface area contributed by atoms with Crippen molar-refractivity contribution in [2.45, 2.75) is 57.6 Å². The van der Waals surface area contributed by atoms with Gasteiger partial charge >= 0.3 is 6.03 Å². The number of carbonyl (C=O) groups is 1. The Morgan fingerprint density at radius 3 is 2.88 bits per heavy atom. The van der Waals surface area contributed by atoms with Crippen LogP contribution < -0.4 is 5.32 Å². The molecule has 0 aromatic rings. The van der Waals surface area contributed by atoms with Crippen molar-refractivity contribution in [1.29, 1.82) is 0 Å². The molecule has 4 nitrogen and oxygen atoms in total. The number of hydrogen-bond donors (Lipinski definition) is 2. The molecule has 0 radical (unpaired) electrons. The molecule has 2 unspecified atom stereocenters. The van der Waals surface area contributed by atoms with Gasteiger partial charge in [0.05, 0.1) is 5.60 Å². The second kappa shape index (κ2) is 4.84. The zero-order valence-electron chi connectivity index (χ0n) is 10.9. The Morgan fingerprint density at radius 2 is 2.18 bits per heavy atom. The van der Waals surface area contributed by atoms with Gasteiger partial charge in [-0.25, -0.2) is 4.79 Å². The molecular weight excluding hydrogens is 216 g/mol. The third-order valence-electron chi connectivity index (χ3n) is 4.13. The second-order valence-electron chi connectivity index (χ2n) is 5.85. The maximum atomic E-state index is 11.9. The molecule has 1 saturated carbocycles. The van der Waals surface area contributed by atoms with Gasteiger partial charge in [0.1, 0.15) is 0 Å². The molecule has 1 heterocycles. The van der Waals surface area contributed by atoms with E-state index in [9.17, 15) is 9.90 Å². The van der Waals surface area contributed by atoms with E-state index in [2.05, 4.69) is 5.32 Å². The summed E-state index contributed by atoms with van der Waals surface area (Å²) in [5, 5.41) is 13.4. The zero-order valence-corrected chi connectivity index (χ0v) is 10.9. The van der Waals surface area contributed by atoms with Crippen LogP contribution in [0.25, 0.3) is 0 Å². The molecule has 1 aliphatic heterocycles. The largest absolute Gasteiger partial charge is 0.389 e. The molecule has 2 N–H and O–H groups in total. The molecule has 1 saturated heterocycles. The normalized spacial score (nSPS) is 33.4. The van der Waals surface area contributed by atoms with Crippen LogP contribution in [0, 0.1) is 5.92 Å². The summed E-state index contributed by atoms with van der Waals surface area (Å²) in [4.78, 5) is 13.8. The van der Waals surface area contributed by atoms with Crippen LogP contribution in [0.5, 0.6) is 0 Å². The number of rotatable bonds is 1. The van der Waals surface area contributed by atoms with E-state index in [1.165, 1.54) is 6.42 Å². The fraction of sp³-hybridized carbons (Fsp3) is 0.923. The summed E-state index contributed by atoms with van der Waals surface area (Å²) < 4.78 is 0. The fourth-order valence-corrected chi connectivity index (χ4v) is 3.09. The molecule has 2 rings (SSSR count). The number of carbonyl (C=O) groups excluding carboxylic acids is 1. The first kappa shape index (κ1) is 12.7. The van der Waals surface area contributed by atoms with Gasteiger partial charge in [0.15, 0.2) is 0 Å². The van der Waals surface area contributed by atoms with Gasteiger partial charge in [0.2, 0.25) is 0 Å². The summed E-state index contributed by atoms with van der Waals surface area (Å²) >= 11 is 0. The average molecular weight is 240 g/mol. The smallest absolute Gasteiger partial charge is 0.317 e. The van der Waals surface area contributed by atoms with Crippen LogP contribution in [0.1, 0.15) is 46.0 Å². The van der Waals surface area contributed by atoms with E-state index >= 15 is 0 Å². The fourth-order valence-electron chi connectivity index (χ4n) is 3.09. The summed E-state index contributed by atoms with van der Waals surface area (Å²) in [7, 11) is 0. The number of fused-ring (bicyclic) bond motifs is 1. The van der Waals surface area contributed by atoms with Gasteiger partial charge in [-0.2, -0.15) is 0 Å². The summed E-state index contributed by atoms with van der Waals surface area (Å²) in [5.41, 5.74) is -0.493. The summed E-state index contributed by atoms with van der Waals surface area (Å²) in [6.07, 6.45) is 5.03. The minimum absolute atomic E-state index is 0.0209. The molecule has 17 heavy (non-hydrogen) atoms. The maximum absolute atomic E-state index is 11.9. The van der Waals surface area contributed by atoms with Gasteiger partial charge in [-0.3, -0.25) is 0 Å². The highest BCUT2D eigenvalue weighted by Crippen LogP contribution is 2.39. The summed E-state index contributed by atoms with van der Waals surface area (Å²) in [6.45, 7) is 5.35. The second-order valence-corrected chi connectivity index (χ2v) is 5.85. The van der Waals surface area contributed by atoms with Gasteiger partial charge < -0.3 is 15.3 Å². The number of amides is 2. The minimum Gasteiger partial charge on any atom is -0.389 e. The number of hydrogen-bond acceptors (Lipinski definition) is 2. The van der Waals surface area contributed by atoms with Gasteiger partial charge in [0.25, 0.3) is 0 Å². The lowest BCUT2D eigenvalue weighted by atomic mass is 9.71. The van der Waals surface area contributed by atoms with E-state index in [1.807, 2.05) is 18.7 Å². The molecule has 0 spiro atoms. The monoisotopic (exact) mass is 240 g/mol. The van der Waals surface area contributed by atoms with Crippen LogP contribution in [0.2, 0.25) is 0 Å². The number of nitrogens with zero attached hydrogens (tertiary/aromatic N) is 1. The lowest BCUT2D eigenvalue weighted by molar-refractivity contribution is -0.0871. The Kier molecular flexibility index (Phi) is 3.61. The van der Waals surface area contributed by atoms with Crippen molar-refractivity contribution in [3.05, 3.63) is 0 Å². The number of nitrogens with one attached hydrogen (secondary N) is 1. The van der Waals surface area contributed by atoms with Gasteiger partial charge in [-0.15, -0.1) is 0 Å². The van der Waals surface area contributed by atoms with Crippen molar-refractivity contribution in [2.24, 2.45) is 5.92 Å². The topological polar surface area (TPSA) is 52.6 Å². The van der Waals surface area contributed by atoms with Crippen LogP contribution in [0.4, 0.5) is 4.79 Å². The van der Waals surface area contributed by atoms with E-state index in [-0.39, 0.29) is 18.0 Å². The predicted octanol–water partition coefficient (Wildman–Crippen LogP) is 1.73. The van der Waals surface area contributed by atoms with Crippen LogP contribution in [0.3, 0.4) is 0 Å². The van der Waals surface area contributed by atoms with Gasteiger partial charge in [0, 0.05) is 25.0 Å². The zero-order chi connectivity index (χ0) is 12.5. The van der Waals surface area contributed by atoms with Crippen molar-refractivity contribution in [2.75, 3.05) is 13.1 Å². The highest BCUT2D eigenvalue weighted by molar-refractivity contribution is 5.74. The van der Waals surface area contributed by atoms with E-state index in [1.54, 1.807) is 0 Å². The third-order valence-corrected chi connectivity index (χ3v) is 4.13. The first-order valence-electron chi connectivity index (χ1n) is 6.79. The minimum atomic E-state index is -0.493. The first-order chi connectivity index (χ1) is 8.01. The van der Waals surface area contributed by atoms with Crippen molar-refractivity contribution >= 4 is 6.03 Å². The molecule has 2 atom stereocenters. The number of piperidine rings is 1. The highest BCUT2D eigenvalue weighted by atomic mass is 16.3. The molecule has 0 bridgehead atoms. The lowest BCUT2D eigenvalue weighted by Crippen LogP contribution is -2.57. The van der Waals surface area contributed by atoms with Crippen LogP contribution >= 0.6 is 0 Å².